The third kappa shape index (κ3) is 6.79. The van der Waals surface area contributed by atoms with E-state index in [0.29, 0.717) is 32.2 Å². The zero-order valence-corrected chi connectivity index (χ0v) is 16.8. The quantitative estimate of drug-likeness (QED) is 0.691. The Labute approximate surface area is 162 Å². The number of carbonyl (C=O) groups is 1. The predicted octanol–water partition coefficient (Wildman–Crippen LogP) is 2.80. The number of hydrogen-bond acceptors (Lipinski definition) is 5. The summed E-state index contributed by atoms with van der Waals surface area (Å²) in [6.45, 7) is 8.56. The third-order valence-corrected chi connectivity index (χ3v) is 5.36. The number of aliphatic hydroxyl groups excluding tert-OH is 1. The molecule has 0 bridgehead atoms. The van der Waals surface area contributed by atoms with E-state index in [1.165, 1.54) is 0 Å². The lowest BCUT2D eigenvalue weighted by atomic mass is 9.96. The summed E-state index contributed by atoms with van der Waals surface area (Å²) in [5, 5.41) is 13.7. The Morgan fingerprint density at radius 2 is 2.04 bits per heavy atom. The van der Waals surface area contributed by atoms with Gasteiger partial charge in [-0.25, -0.2) is 4.79 Å². The summed E-state index contributed by atoms with van der Waals surface area (Å²) in [6, 6.07) is 9.71. The van der Waals surface area contributed by atoms with E-state index < -0.39 is 0 Å². The van der Waals surface area contributed by atoms with Gasteiger partial charge in [-0.1, -0.05) is 57.0 Å². The maximum Gasteiger partial charge on any atom is 0.410 e. The molecule has 1 aromatic carbocycles. The van der Waals surface area contributed by atoms with Crippen molar-refractivity contribution in [2.75, 3.05) is 26.2 Å². The van der Waals surface area contributed by atoms with Crippen LogP contribution in [0.4, 0.5) is 4.79 Å². The van der Waals surface area contributed by atoms with Gasteiger partial charge in [0.15, 0.2) is 0 Å². The smallest absolute Gasteiger partial charge is 0.410 e. The van der Waals surface area contributed by atoms with E-state index in [1.807, 2.05) is 37.3 Å². The zero-order valence-electron chi connectivity index (χ0n) is 16.8. The standard InChI is InChI=1S/C21H34N2O4/c1-4-18(5-2)19(24)13-22-16(3)20-14-23(11-12-26-20)21(25)27-15-17-9-7-6-8-10-17/h6-10,16,18-20,22,24H,4-5,11-15H2,1-3H3/t16-,19+,20-/m0/s1. The topological polar surface area (TPSA) is 71.0 Å². The van der Waals surface area contributed by atoms with Crippen molar-refractivity contribution in [3.8, 4) is 0 Å². The van der Waals surface area contributed by atoms with E-state index in [4.69, 9.17) is 9.47 Å². The van der Waals surface area contributed by atoms with E-state index in [9.17, 15) is 9.90 Å². The first kappa shape index (κ1) is 21.7. The molecular formula is C21H34N2O4. The lowest BCUT2D eigenvalue weighted by Crippen LogP contribution is -2.53. The van der Waals surface area contributed by atoms with Gasteiger partial charge in [0.25, 0.3) is 0 Å². The minimum atomic E-state index is -0.363. The van der Waals surface area contributed by atoms with Crippen LogP contribution in [0.3, 0.4) is 0 Å². The molecule has 1 aliphatic rings. The maximum absolute atomic E-state index is 12.4. The van der Waals surface area contributed by atoms with Gasteiger partial charge in [-0.2, -0.15) is 0 Å². The van der Waals surface area contributed by atoms with Gasteiger partial charge in [-0.15, -0.1) is 0 Å². The number of nitrogens with one attached hydrogen (secondary N) is 1. The Kier molecular flexibility index (Phi) is 9.04. The lowest BCUT2D eigenvalue weighted by molar-refractivity contribution is -0.0437. The summed E-state index contributed by atoms with van der Waals surface area (Å²) in [7, 11) is 0. The Morgan fingerprint density at radius 1 is 1.33 bits per heavy atom. The van der Waals surface area contributed by atoms with Crippen molar-refractivity contribution in [2.45, 2.75) is 58.5 Å². The molecule has 6 heteroatoms. The van der Waals surface area contributed by atoms with Crippen LogP contribution >= 0.6 is 0 Å². The van der Waals surface area contributed by atoms with Crippen LogP contribution in [0.5, 0.6) is 0 Å². The fraction of sp³-hybridized carbons (Fsp3) is 0.667. The van der Waals surface area contributed by atoms with E-state index in [0.717, 1.165) is 18.4 Å². The highest BCUT2D eigenvalue weighted by Gasteiger charge is 2.29. The van der Waals surface area contributed by atoms with Gasteiger partial charge in [-0.05, 0) is 18.4 Å². The van der Waals surface area contributed by atoms with Crippen molar-refractivity contribution in [3.05, 3.63) is 35.9 Å². The molecule has 2 rings (SSSR count). The van der Waals surface area contributed by atoms with Crippen LogP contribution in [0.2, 0.25) is 0 Å². The molecule has 0 spiro atoms. The van der Waals surface area contributed by atoms with Gasteiger partial charge in [0.05, 0.1) is 25.4 Å². The molecule has 6 nitrogen and oxygen atoms in total. The van der Waals surface area contributed by atoms with Crippen LogP contribution in [0.15, 0.2) is 30.3 Å². The van der Waals surface area contributed by atoms with Crippen LogP contribution in [-0.4, -0.2) is 60.6 Å². The molecule has 3 atom stereocenters. The fourth-order valence-corrected chi connectivity index (χ4v) is 3.39. The number of carbonyl (C=O) groups excluding carboxylic acids is 1. The molecule has 27 heavy (non-hydrogen) atoms. The largest absolute Gasteiger partial charge is 0.445 e. The minimum Gasteiger partial charge on any atom is -0.445 e. The Bertz CT molecular complexity index is 550. The SMILES string of the molecule is CCC(CC)[C@H](O)CN[C@@H](C)[C@@H]1CN(C(=O)OCc2ccccc2)CCO1. The van der Waals surface area contributed by atoms with Crippen LogP contribution in [0, 0.1) is 5.92 Å². The predicted molar refractivity (Wildman–Crippen MR) is 105 cm³/mol. The summed E-state index contributed by atoms with van der Waals surface area (Å²) in [5.41, 5.74) is 0.973. The zero-order chi connectivity index (χ0) is 19.6. The molecule has 1 fully saturated rings. The number of nitrogens with zero attached hydrogens (tertiary/aromatic N) is 1. The summed E-state index contributed by atoms with van der Waals surface area (Å²) >= 11 is 0. The average molecular weight is 379 g/mol. The molecular weight excluding hydrogens is 344 g/mol. The molecule has 0 aliphatic carbocycles. The van der Waals surface area contributed by atoms with Crippen LogP contribution in [0.1, 0.15) is 39.2 Å². The van der Waals surface area contributed by atoms with E-state index >= 15 is 0 Å². The summed E-state index contributed by atoms with van der Waals surface area (Å²) in [5.74, 6) is 0.307. The van der Waals surface area contributed by atoms with Crippen LogP contribution < -0.4 is 5.32 Å². The molecule has 0 saturated carbocycles. The van der Waals surface area contributed by atoms with Crippen LogP contribution in [-0.2, 0) is 16.1 Å². The molecule has 0 unspecified atom stereocenters. The van der Waals surface area contributed by atoms with Gasteiger partial charge in [0, 0.05) is 19.1 Å². The second-order valence-corrected chi connectivity index (χ2v) is 7.24. The normalized spacial score (nSPS) is 19.7. The summed E-state index contributed by atoms with van der Waals surface area (Å²) < 4.78 is 11.3. The highest BCUT2D eigenvalue weighted by molar-refractivity contribution is 5.67. The Balaban J connectivity index is 1.77. The highest BCUT2D eigenvalue weighted by atomic mass is 16.6. The van der Waals surface area contributed by atoms with Gasteiger partial charge in [0.1, 0.15) is 6.61 Å². The number of aliphatic hydroxyl groups is 1. The number of amides is 1. The maximum atomic E-state index is 12.4. The first-order valence-corrected chi connectivity index (χ1v) is 10.0. The second kappa shape index (κ2) is 11.3. The fourth-order valence-electron chi connectivity index (χ4n) is 3.39. The molecule has 1 saturated heterocycles. The van der Waals surface area contributed by atoms with Gasteiger partial charge < -0.3 is 24.8 Å². The monoisotopic (exact) mass is 378 g/mol. The van der Waals surface area contributed by atoms with Crippen molar-refractivity contribution >= 4 is 6.09 Å². The summed E-state index contributed by atoms with van der Waals surface area (Å²) in [6.07, 6.45) is 1.15. The van der Waals surface area contributed by atoms with Gasteiger partial charge >= 0.3 is 6.09 Å². The molecule has 152 valence electrons. The van der Waals surface area contributed by atoms with Crippen LogP contribution in [0.25, 0.3) is 0 Å². The van der Waals surface area contributed by atoms with Crippen molar-refractivity contribution < 1.29 is 19.4 Å². The minimum absolute atomic E-state index is 0.0405. The first-order chi connectivity index (χ1) is 13.0. The molecule has 1 heterocycles. The Hall–Kier alpha value is -1.63. The molecule has 2 N–H and O–H groups in total. The third-order valence-electron chi connectivity index (χ3n) is 5.36. The van der Waals surface area contributed by atoms with Gasteiger partial charge in [-0.3, -0.25) is 0 Å². The molecule has 0 radical (unpaired) electrons. The number of hydrogen-bond donors (Lipinski definition) is 2. The highest BCUT2D eigenvalue weighted by Crippen LogP contribution is 2.14. The van der Waals surface area contributed by atoms with Crippen molar-refractivity contribution in [1.29, 1.82) is 0 Å². The molecule has 0 aromatic heterocycles. The van der Waals surface area contributed by atoms with E-state index in [-0.39, 0.29) is 30.9 Å². The first-order valence-electron chi connectivity index (χ1n) is 10.0. The van der Waals surface area contributed by atoms with Crippen molar-refractivity contribution in [2.24, 2.45) is 5.92 Å². The molecule has 1 aromatic rings. The number of benzene rings is 1. The molecule has 1 amide bonds. The van der Waals surface area contributed by atoms with E-state index in [2.05, 4.69) is 19.2 Å². The number of ether oxygens (including phenoxy) is 2. The van der Waals surface area contributed by atoms with Gasteiger partial charge in [0.2, 0.25) is 0 Å². The summed E-state index contributed by atoms with van der Waals surface area (Å²) in [4.78, 5) is 14.1. The van der Waals surface area contributed by atoms with Crippen molar-refractivity contribution in [1.82, 2.24) is 10.2 Å². The molecule has 1 aliphatic heterocycles. The van der Waals surface area contributed by atoms with Crippen molar-refractivity contribution in [3.63, 3.8) is 0 Å². The lowest BCUT2D eigenvalue weighted by Gasteiger charge is -2.36. The number of rotatable bonds is 9. The number of morpholine rings is 1. The van der Waals surface area contributed by atoms with E-state index in [1.54, 1.807) is 4.90 Å². The average Bonchev–Trinajstić information content (AvgIpc) is 2.72. The second-order valence-electron chi connectivity index (χ2n) is 7.24. The Morgan fingerprint density at radius 3 is 2.70 bits per heavy atom.